The summed E-state index contributed by atoms with van der Waals surface area (Å²) in [4.78, 5) is 23.7. The number of hydrogen-bond acceptors (Lipinski definition) is 2. The molecular formula is C19H21FN2O2. The molecule has 1 unspecified atom stereocenters. The van der Waals surface area contributed by atoms with Crippen molar-refractivity contribution in [3.63, 3.8) is 0 Å². The van der Waals surface area contributed by atoms with E-state index in [1.54, 1.807) is 0 Å². The summed E-state index contributed by atoms with van der Waals surface area (Å²) in [5, 5.41) is 5.38. The minimum absolute atomic E-state index is 0.0143. The van der Waals surface area contributed by atoms with Crippen LogP contribution in [0.4, 0.5) is 4.39 Å². The van der Waals surface area contributed by atoms with Gasteiger partial charge in [0.1, 0.15) is 5.82 Å². The number of amides is 2. The smallest absolute Gasteiger partial charge is 0.251 e. The van der Waals surface area contributed by atoms with Gasteiger partial charge in [0.15, 0.2) is 0 Å². The number of rotatable bonds is 7. The van der Waals surface area contributed by atoms with E-state index in [-0.39, 0.29) is 18.5 Å². The number of nitrogens with one attached hydrogen (secondary N) is 2. The first-order valence-corrected chi connectivity index (χ1v) is 7.91. The zero-order valence-corrected chi connectivity index (χ0v) is 13.6. The normalized spacial score (nSPS) is 11.6. The monoisotopic (exact) mass is 328 g/mol. The Hall–Kier alpha value is -2.69. The lowest BCUT2D eigenvalue weighted by atomic mass is 10.1. The molecule has 0 fully saturated rings. The molecule has 0 aliphatic heterocycles. The highest BCUT2D eigenvalue weighted by atomic mass is 19.1. The van der Waals surface area contributed by atoms with Crippen molar-refractivity contribution in [1.82, 2.24) is 10.6 Å². The number of hydrogen-bond donors (Lipinski definition) is 2. The standard InChI is InChI=1S/C19H21FN2O2/c1-14(7-8-15-5-3-2-4-6-15)22-18(23)13-21-19(24)16-9-11-17(20)12-10-16/h2-6,9-12,14H,7-8,13H2,1H3,(H,21,24)(H,22,23). The maximum Gasteiger partial charge on any atom is 0.251 e. The van der Waals surface area contributed by atoms with E-state index in [1.165, 1.54) is 29.8 Å². The Bertz CT molecular complexity index is 672. The molecule has 4 nitrogen and oxygen atoms in total. The molecule has 2 aromatic rings. The van der Waals surface area contributed by atoms with Gasteiger partial charge >= 0.3 is 0 Å². The van der Waals surface area contributed by atoms with Crippen molar-refractivity contribution in [3.8, 4) is 0 Å². The Labute approximate surface area is 141 Å². The molecule has 0 saturated carbocycles. The zero-order chi connectivity index (χ0) is 17.4. The van der Waals surface area contributed by atoms with Gasteiger partial charge in [-0.05, 0) is 49.6 Å². The Morgan fingerprint density at radius 2 is 1.71 bits per heavy atom. The van der Waals surface area contributed by atoms with E-state index in [0.717, 1.165) is 12.8 Å². The van der Waals surface area contributed by atoms with Crippen molar-refractivity contribution in [2.75, 3.05) is 6.54 Å². The van der Waals surface area contributed by atoms with Gasteiger partial charge in [-0.1, -0.05) is 30.3 Å². The van der Waals surface area contributed by atoms with Crippen molar-refractivity contribution in [2.24, 2.45) is 0 Å². The number of carbonyl (C=O) groups is 2. The van der Waals surface area contributed by atoms with E-state index >= 15 is 0 Å². The third-order valence-electron chi connectivity index (χ3n) is 3.63. The van der Waals surface area contributed by atoms with Crippen LogP contribution in [0.15, 0.2) is 54.6 Å². The lowest BCUT2D eigenvalue weighted by molar-refractivity contribution is -0.120. The summed E-state index contributed by atoms with van der Waals surface area (Å²) < 4.78 is 12.8. The van der Waals surface area contributed by atoms with Gasteiger partial charge < -0.3 is 10.6 Å². The fourth-order valence-corrected chi connectivity index (χ4v) is 2.29. The van der Waals surface area contributed by atoms with Crippen LogP contribution >= 0.6 is 0 Å². The Balaban J connectivity index is 1.70. The molecule has 2 N–H and O–H groups in total. The number of aryl methyl sites for hydroxylation is 1. The summed E-state index contributed by atoms with van der Waals surface area (Å²) in [6, 6.07) is 15.2. The molecule has 24 heavy (non-hydrogen) atoms. The first kappa shape index (κ1) is 17.7. The molecule has 0 spiro atoms. The summed E-state index contributed by atoms with van der Waals surface area (Å²) in [6.07, 6.45) is 1.70. The van der Waals surface area contributed by atoms with E-state index in [4.69, 9.17) is 0 Å². The highest BCUT2D eigenvalue weighted by molar-refractivity contribution is 5.96. The summed E-state index contributed by atoms with van der Waals surface area (Å²) >= 11 is 0. The van der Waals surface area contributed by atoms with Crippen LogP contribution in [-0.2, 0) is 11.2 Å². The van der Waals surface area contributed by atoms with Crippen LogP contribution in [0.25, 0.3) is 0 Å². The predicted octanol–water partition coefficient (Wildman–Crippen LogP) is 2.69. The van der Waals surface area contributed by atoms with Gasteiger partial charge in [0.2, 0.25) is 5.91 Å². The van der Waals surface area contributed by atoms with Crippen LogP contribution < -0.4 is 10.6 Å². The molecule has 0 aromatic heterocycles. The summed E-state index contributed by atoms with van der Waals surface area (Å²) in [7, 11) is 0. The van der Waals surface area contributed by atoms with Gasteiger partial charge in [0.05, 0.1) is 6.54 Å². The lowest BCUT2D eigenvalue weighted by Gasteiger charge is -2.14. The molecule has 2 rings (SSSR count). The second kappa shape index (κ2) is 8.82. The van der Waals surface area contributed by atoms with Gasteiger partial charge in [0.25, 0.3) is 5.91 Å². The molecular weight excluding hydrogens is 307 g/mol. The first-order valence-electron chi connectivity index (χ1n) is 7.91. The summed E-state index contributed by atoms with van der Waals surface area (Å²) in [5.41, 5.74) is 1.55. The Kier molecular flexibility index (Phi) is 6.49. The highest BCUT2D eigenvalue weighted by Crippen LogP contribution is 2.05. The van der Waals surface area contributed by atoms with E-state index in [0.29, 0.717) is 5.56 Å². The zero-order valence-electron chi connectivity index (χ0n) is 13.6. The highest BCUT2D eigenvalue weighted by Gasteiger charge is 2.10. The van der Waals surface area contributed by atoms with Crippen molar-refractivity contribution in [3.05, 3.63) is 71.5 Å². The van der Waals surface area contributed by atoms with E-state index in [9.17, 15) is 14.0 Å². The largest absolute Gasteiger partial charge is 0.352 e. The molecule has 126 valence electrons. The topological polar surface area (TPSA) is 58.2 Å². The van der Waals surface area contributed by atoms with Gasteiger partial charge in [-0.2, -0.15) is 0 Å². The number of benzene rings is 2. The van der Waals surface area contributed by atoms with Crippen molar-refractivity contribution >= 4 is 11.8 Å². The van der Waals surface area contributed by atoms with Crippen LogP contribution in [0.1, 0.15) is 29.3 Å². The average Bonchev–Trinajstić information content (AvgIpc) is 2.59. The van der Waals surface area contributed by atoms with Crippen molar-refractivity contribution in [2.45, 2.75) is 25.8 Å². The van der Waals surface area contributed by atoms with Crippen LogP contribution in [0, 0.1) is 5.82 Å². The second-order valence-electron chi connectivity index (χ2n) is 5.68. The Morgan fingerprint density at radius 3 is 2.38 bits per heavy atom. The molecule has 2 aromatic carbocycles. The van der Waals surface area contributed by atoms with Crippen LogP contribution in [0.3, 0.4) is 0 Å². The van der Waals surface area contributed by atoms with Crippen molar-refractivity contribution < 1.29 is 14.0 Å². The van der Waals surface area contributed by atoms with Crippen LogP contribution in [-0.4, -0.2) is 24.4 Å². The van der Waals surface area contributed by atoms with Gasteiger partial charge in [-0.25, -0.2) is 4.39 Å². The molecule has 0 aliphatic carbocycles. The number of halogens is 1. The van der Waals surface area contributed by atoms with E-state index < -0.39 is 11.7 Å². The molecule has 0 aliphatic rings. The SMILES string of the molecule is CC(CCc1ccccc1)NC(=O)CNC(=O)c1ccc(F)cc1. The van der Waals surface area contributed by atoms with E-state index in [1.807, 2.05) is 25.1 Å². The van der Waals surface area contributed by atoms with Crippen LogP contribution in [0.2, 0.25) is 0 Å². The molecule has 2 amide bonds. The lowest BCUT2D eigenvalue weighted by Crippen LogP contribution is -2.41. The minimum Gasteiger partial charge on any atom is -0.352 e. The maximum atomic E-state index is 12.8. The molecule has 5 heteroatoms. The quantitative estimate of drug-likeness (QED) is 0.821. The molecule has 0 saturated heterocycles. The maximum absolute atomic E-state index is 12.8. The third-order valence-corrected chi connectivity index (χ3v) is 3.63. The third kappa shape index (κ3) is 5.83. The minimum atomic E-state index is -0.406. The predicted molar refractivity (Wildman–Crippen MR) is 91.1 cm³/mol. The van der Waals surface area contributed by atoms with Gasteiger partial charge in [-0.3, -0.25) is 9.59 Å². The first-order chi connectivity index (χ1) is 11.5. The fourth-order valence-electron chi connectivity index (χ4n) is 2.29. The summed E-state index contributed by atoms with van der Waals surface area (Å²) in [6.45, 7) is 1.83. The molecule has 0 radical (unpaired) electrons. The summed E-state index contributed by atoms with van der Waals surface area (Å²) in [5.74, 6) is -1.05. The van der Waals surface area contributed by atoms with Crippen LogP contribution in [0.5, 0.6) is 0 Å². The number of carbonyl (C=O) groups excluding carboxylic acids is 2. The van der Waals surface area contributed by atoms with Crippen molar-refractivity contribution in [1.29, 1.82) is 0 Å². The molecule has 0 bridgehead atoms. The second-order valence-corrected chi connectivity index (χ2v) is 5.68. The van der Waals surface area contributed by atoms with E-state index in [2.05, 4.69) is 22.8 Å². The molecule has 1 atom stereocenters. The fraction of sp³-hybridized carbons (Fsp3) is 0.263. The van der Waals surface area contributed by atoms with Gasteiger partial charge in [0, 0.05) is 11.6 Å². The Morgan fingerprint density at radius 1 is 1.04 bits per heavy atom. The van der Waals surface area contributed by atoms with Gasteiger partial charge in [-0.15, -0.1) is 0 Å². The average molecular weight is 328 g/mol. The molecule has 0 heterocycles.